The highest BCUT2D eigenvalue weighted by atomic mass is 16.7. The van der Waals surface area contributed by atoms with Crippen molar-refractivity contribution in [2.45, 2.75) is 269 Å². The molecule has 0 amide bonds. The number of ether oxygens (including phenoxy) is 10. The van der Waals surface area contributed by atoms with Gasteiger partial charge in [-0.25, -0.2) is 9.59 Å². The van der Waals surface area contributed by atoms with Gasteiger partial charge in [0.1, 0.15) is 36.6 Å². The maximum Gasteiger partial charge on any atom is 0.331 e. The van der Waals surface area contributed by atoms with Gasteiger partial charge in [-0.15, -0.1) is 0 Å². The van der Waals surface area contributed by atoms with Crippen molar-refractivity contribution in [2.75, 3.05) is 14.2 Å². The molecule has 474 valence electrons. The molecule has 25 unspecified atom stereocenters. The predicted octanol–water partition coefficient (Wildman–Crippen LogP) is 7.36. The number of hydrogen-bond donors (Lipinski definition) is 7. The van der Waals surface area contributed by atoms with Crippen LogP contribution in [0.4, 0.5) is 0 Å². The smallest absolute Gasteiger partial charge is 0.331 e. The third-order valence-corrected chi connectivity index (χ3v) is 18.4. The molecule has 5 rings (SSSR count). The molecule has 83 heavy (non-hydrogen) atoms. The third kappa shape index (κ3) is 18.4. The highest BCUT2D eigenvalue weighted by Crippen LogP contribution is 2.44. The summed E-state index contributed by atoms with van der Waals surface area (Å²) < 4.78 is 62.9. The number of esters is 2. The molecule has 0 aromatic heterocycles. The number of aliphatic hydroxyl groups is 7. The number of methoxy groups -OCH3 is 2. The lowest BCUT2D eigenvalue weighted by Crippen LogP contribution is -2.60. The summed E-state index contributed by atoms with van der Waals surface area (Å²) in [6.45, 7) is 22.7. The van der Waals surface area contributed by atoms with Crippen LogP contribution in [0.1, 0.15) is 154 Å². The molecular formula is C64H104O19. The molecule has 4 saturated heterocycles. The van der Waals surface area contributed by atoms with Crippen LogP contribution in [0, 0.1) is 35.5 Å². The van der Waals surface area contributed by atoms with Gasteiger partial charge in [-0.05, 0) is 77.4 Å². The van der Waals surface area contributed by atoms with E-state index < -0.39 is 139 Å². The van der Waals surface area contributed by atoms with E-state index >= 15 is 0 Å². The zero-order chi connectivity index (χ0) is 61.5. The SMILES string of the molecule is CCC1=C/C=C/C(CC)C(C(C)C(O)CC2(OC)CC(OC3CC(O)C(O)C(C)O3)C(CC)C(C)O2)OC(=O)/C=C/C(CC)=C/C=C/C(CC)C(C(C)C(O)CC2(OC)CC(OC3OC(C)C(O)C(O)C3O)C(CC)C(C)O2)OC(=O)/C=C\1. The van der Waals surface area contributed by atoms with Gasteiger partial charge >= 0.3 is 11.9 Å². The molecule has 0 spiro atoms. The summed E-state index contributed by atoms with van der Waals surface area (Å²) in [5, 5.41) is 77.2. The Balaban J connectivity index is 1.40. The number of carbonyl (C=O) groups is 2. The van der Waals surface area contributed by atoms with E-state index in [-0.39, 0.29) is 56.0 Å². The second-order valence-corrected chi connectivity index (χ2v) is 23.9. The van der Waals surface area contributed by atoms with Crippen LogP contribution in [0.25, 0.3) is 0 Å². The first-order valence-electron chi connectivity index (χ1n) is 30.7. The molecule has 0 aromatic carbocycles. The van der Waals surface area contributed by atoms with Gasteiger partial charge < -0.3 is 83.1 Å². The average Bonchev–Trinajstić information content (AvgIpc) is 2.95. The molecule has 5 heterocycles. The Morgan fingerprint density at radius 2 is 1.00 bits per heavy atom. The molecule has 0 bridgehead atoms. The van der Waals surface area contributed by atoms with E-state index in [2.05, 4.69) is 0 Å². The Hall–Kier alpha value is -3.22. The van der Waals surface area contributed by atoms with Crippen molar-refractivity contribution in [1.29, 1.82) is 0 Å². The summed E-state index contributed by atoms with van der Waals surface area (Å²) in [6.07, 6.45) is 6.02. The van der Waals surface area contributed by atoms with Gasteiger partial charge in [0, 0.05) is 94.0 Å². The Bertz CT molecular complexity index is 2190. The Kier molecular flexibility index (Phi) is 27.8. The molecule has 0 radical (unpaired) electrons. The first-order valence-corrected chi connectivity index (χ1v) is 30.7. The van der Waals surface area contributed by atoms with E-state index in [0.717, 1.165) is 17.6 Å². The average molecular weight is 1180 g/mol. The first-order chi connectivity index (χ1) is 39.4. The summed E-state index contributed by atoms with van der Waals surface area (Å²) >= 11 is 0. The van der Waals surface area contributed by atoms with Crippen LogP contribution in [0.5, 0.6) is 0 Å². The van der Waals surface area contributed by atoms with Crippen LogP contribution in [0.15, 0.2) is 71.9 Å². The highest BCUT2D eigenvalue weighted by molar-refractivity contribution is 5.83. The van der Waals surface area contributed by atoms with Crippen molar-refractivity contribution in [3.63, 3.8) is 0 Å². The molecule has 0 saturated carbocycles. The van der Waals surface area contributed by atoms with Gasteiger partial charge in [0.25, 0.3) is 0 Å². The van der Waals surface area contributed by atoms with E-state index in [1.165, 1.54) is 26.4 Å². The van der Waals surface area contributed by atoms with Crippen LogP contribution in [0.3, 0.4) is 0 Å². The van der Waals surface area contributed by atoms with E-state index in [9.17, 15) is 45.3 Å². The van der Waals surface area contributed by atoms with Gasteiger partial charge in [0.15, 0.2) is 24.2 Å². The van der Waals surface area contributed by atoms with Crippen molar-refractivity contribution < 1.29 is 92.7 Å². The van der Waals surface area contributed by atoms with Gasteiger partial charge in [0.2, 0.25) is 0 Å². The predicted molar refractivity (Wildman–Crippen MR) is 311 cm³/mol. The van der Waals surface area contributed by atoms with Crippen LogP contribution in [-0.2, 0) is 57.0 Å². The molecule has 4 fully saturated rings. The van der Waals surface area contributed by atoms with Crippen molar-refractivity contribution in [3.8, 4) is 0 Å². The Labute approximate surface area is 494 Å². The van der Waals surface area contributed by atoms with Crippen molar-refractivity contribution in [3.05, 3.63) is 71.9 Å². The lowest BCUT2D eigenvalue weighted by Gasteiger charge is -2.49. The van der Waals surface area contributed by atoms with Crippen molar-refractivity contribution >= 4 is 11.9 Å². The molecule has 0 aromatic rings. The number of aliphatic hydroxyl groups excluding tert-OH is 7. The minimum absolute atomic E-state index is 0.0196. The van der Waals surface area contributed by atoms with Crippen molar-refractivity contribution in [2.24, 2.45) is 35.5 Å². The fourth-order valence-corrected chi connectivity index (χ4v) is 12.7. The highest BCUT2D eigenvalue weighted by Gasteiger charge is 2.53. The van der Waals surface area contributed by atoms with E-state index in [0.29, 0.717) is 32.1 Å². The number of cyclic esters (lactones) is 2. The lowest BCUT2D eigenvalue weighted by molar-refractivity contribution is -0.351. The Morgan fingerprint density at radius 3 is 1.40 bits per heavy atom. The standard InChI is InChI=1S/C64H104O19/c1-15-42-23-21-25-44(17-3)60(36(7)49(66)32-63(74-13)34-51(46(19-5)38(9)82-63)78-55-31-48(65)56(70)40(11)76-55)80-53(68)29-27-43(16-2)24-22-26-45(18-4)61(81-54(69)30-28-42)37(8)50(67)33-64(75-14)35-52(47(20-6)39(10)83-64)79-62-59(73)58(72)57(71)41(12)77-62/h21-30,36-41,44-52,55-62,65-67,70-73H,15-20,31-35H2,1-14H3/b25-21+,26-22+,29-27+,30-28-,42-23-,43-24+. The topological polar surface area (TPSA) is 268 Å². The number of allylic oxidation sites excluding steroid dienone is 8. The minimum atomic E-state index is -1.51. The molecule has 5 aliphatic heterocycles. The monoisotopic (exact) mass is 1180 g/mol. The molecule has 19 heteroatoms. The number of rotatable bonds is 20. The maximum absolute atomic E-state index is 14.0. The number of hydrogen-bond acceptors (Lipinski definition) is 19. The van der Waals surface area contributed by atoms with Crippen LogP contribution >= 0.6 is 0 Å². The second kappa shape index (κ2) is 32.7. The summed E-state index contributed by atoms with van der Waals surface area (Å²) in [4.78, 5) is 28.0. The van der Waals surface area contributed by atoms with Crippen LogP contribution in [0.2, 0.25) is 0 Å². The van der Waals surface area contributed by atoms with E-state index in [1.807, 2.05) is 106 Å². The summed E-state index contributed by atoms with van der Waals surface area (Å²) in [7, 11) is 3.03. The summed E-state index contributed by atoms with van der Waals surface area (Å²) in [5.74, 6) is -6.17. The molecule has 19 nitrogen and oxygen atoms in total. The zero-order valence-corrected chi connectivity index (χ0v) is 51.9. The maximum atomic E-state index is 14.0. The fraction of sp³-hybridized carbons (Fsp3) is 0.781. The summed E-state index contributed by atoms with van der Waals surface area (Å²) in [5.41, 5.74) is 1.60. The van der Waals surface area contributed by atoms with Gasteiger partial charge in [-0.1, -0.05) is 104 Å². The lowest BCUT2D eigenvalue weighted by atomic mass is 9.80. The largest absolute Gasteiger partial charge is 0.458 e. The fourth-order valence-electron chi connectivity index (χ4n) is 12.7. The molecule has 25 atom stereocenters. The minimum Gasteiger partial charge on any atom is -0.458 e. The molecule has 5 aliphatic rings. The normalized spacial score (nSPS) is 43.4. The Morgan fingerprint density at radius 1 is 0.566 bits per heavy atom. The van der Waals surface area contributed by atoms with E-state index in [4.69, 9.17) is 47.4 Å². The van der Waals surface area contributed by atoms with E-state index in [1.54, 1.807) is 26.0 Å². The third-order valence-electron chi connectivity index (χ3n) is 18.4. The van der Waals surface area contributed by atoms with Crippen LogP contribution < -0.4 is 0 Å². The first kappa shape index (κ1) is 70.5. The second-order valence-electron chi connectivity index (χ2n) is 23.9. The van der Waals surface area contributed by atoms with Crippen molar-refractivity contribution in [1.82, 2.24) is 0 Å². The quantitative estimate of drug-likeness (QED) is 0.0587. The molecular weight excluding hydrogens is 1070 g/mol. The zero-order valence-electron chi connectivity index (χ0n) is 51.9. The van der Waals surface area contributed by atoms with Gasteiger partial charge in [0.05, 0.1) is 54.9 Å². The van der Waals surface area contributed by atoms with Crippen LogP contribution in [-0.4, -0.2) is 178 Å². The van der Waals surface area contributed by atoms with Gasteiger partial charge in [-0.2, -0.15) is 0 Å². The number of carbonyl (C=O) groups excluding carboxylic acids is 2. The molecule has 7 N–H and O–H groups in total. The molecule has 0 aliphatic carbocycles. The van der Waals surface area contributed by atoms with Gasteiger partial charge in [-0.3, -0.25) is 0 Å². The summed E-state index contributed by atoms with van der Waals surface area (Å²) in [6, 6.07) is 0.